The fraction of sp³-hybridized carbons (Fsp3) is 0.250. The highest BCUT2D eigenvalue weighted by Crippen LogP contribution is 2.23. The molecule has 2 atom stereocenters. The van der Waals surface area contributed by atoms with Crippen LogP contribution >= 0.6 is 0 Å². The summed E-state index contributed by atoms with van der Waals surface area (Å²) in [5.74, 6) is 0.481. The first-order chi connectivity index (χ1) is 14.7. The molecule has 0 bridgehead atoms. The summed E-state index contributed by atoms with van der Waals surface area (Å²) in [5, 5.41) is 3.29. The number of nitrogens with zero attached hydrogens (tertiary/aromatic N) is 1. The number of rotatable bonds is 6. The van der Waals surface area contributed by atoms with Crippen molar-refractivity contribution < 1.29 is 4.79 Å². The number of aromatic nitrogens is 1. The molecule has 3 aromatic rings. The molecule has 0 radical (unpaired) electrons. The number of nitrogens with one attached hydrogen (secondary N) is 3. The van der Waals surface area contributed by atoms with Gasteiger partial charge in [0.1, 0.15) is 5.82 Å². The lowest BCUT2D eigenvalue weighted by Crippen LogP contribution is -2.53. The fourth-order valence-electron chi connectivity index (χ4n) is 3.77. The standard InChI is InChI=1S/C24H27N5O/c25-19-12-5-7-14-22(19)28-29-24(30)18-11-4-6-13-21(18)27-23-16-8-15-20(26-23)17-9-2-1-3-10-17/h1-4,6,8-11,13,15-16,19,22,28H,5,7,12,14,25H2,(H,26,27)(H,29,30)/t19-,22+/m0/s1. The van der Waals surface area contributed by atoms with Crippen molar-refractivity contribution in [1.29, 1.82) is 0 Å². The van der Waals surface area contributed by atoms with Crippen LogP contribution in [0, 0.1) is 0 Å². The quantitative estimate of drug-likeness (QED) is 0.469. The molecule has 1 amide bonds. The minimum atomic E-state index is -0.199. The van der Waals surface area contributed by atoms with Gasteiger partial charge in [-0.1, -0.05) is 61.4 Å². The monoisotopic (exact) mass is 401 g/mol. The highest BCUT2D eigenvalue weighted by atomic mass is 16.2. The number of para-hydroxylation sites is 1. The molecule has 1 heterocycles. The van der Waals surface area contributed by atoms with Crippen LogP contribution in [-0.4, -0.2) is 23.0 Å². The van der Waals surface area contributed by atoms with Gasteiger partial charge in [0.15, 0.2) is 0 Å². The fourth-order valence-corrected chi connectivity index (χ4v) is 3.77. The molecule has 6 nitrogen and oxygen atoms in total. The van der Waals surface area contributed by atoms with E-state index in [1.54, 1.807) is 6.07 Å². The zero-order valence-electron chi connectivity index (χ0n) is 16.8. The molecule has 30 heavy (non-hydrogen) atoms. The van der Waals surface area contributed by atoms with Gasteiger partial charge in [0.2, 0.25) is 0 Å². The van der Waals surface area contributed by atoms with Crippen LogP contribution in [0.2, 0.25) is 0 Å². The lowest BCUT2D eigenvalue weighted by molar-refractivity contribution is 0.0918. The van der Waals surface area contributed by atoms with Crippen molar-refractivity contribution >= 4 is 17.4 Å². The lowest BCUT2D eigenvalue weighted by atomic mass is 9.91. The van der Waals surface area contributed by atoms with Crippen LogP contribution < -0.4 is 21.9 Å². The van der Waals surface area contributed by atoms with Gasteiger partial charge in [-0.3, -0.25) is 10.2 Å². The number of nitrogens with two attached hydrogens (primary N) is 1. The predicted molar refractivity (Wildman–Crippen MR) is 120 cm³/mol. The van der Waals surface area contributed by atoms with E-state index >= 15 is 0 Å². The van der Waals surface area contributed by atoms with Crippen LogP contribution in [0.4, 0.5) is 11.5 Å². The molecular weight excluding hydrogens is 374 g/mol. The molecule has 6 heteroatoms. The molecule has 1 aliphatic carbocycles. The number of hydrogen-bond acceptors (Lipinski definition) is 5. The summed E-state index contributed by atoms with van der Waals surface area (Å²) in [5.41, 5.74) is 15.3. The molecule has 5 N–H and O–H groups in total. The maximum atomic E-state index is 12.8. The summed E-state index contributed by atoms with van der Waals surface area (Å²) in [6, 6.07) is 23.4. The van der Waals surface area contributed by atoms with E-state index in [4.69, 9.17) is 10.7 Å². The number of carbonyl (C=O) groups is 1. The molecule has 1 aliphatic rings. The third-order valence-electron chi connectivity index (χ3n) is 5.44. The van der Waals surface area contributed by atoms with E-state index < -0.39 is 0 Å². The Morgan fingerprint density at radius 1 is 0.900 bits per heavy atom. The topological polar surface area (TPSA) is 92.1 Å². The maximum absolute atomic E-state index is 12.8. The second kappa shape index (κ2) is 9.52. The predicted octanol–water partition coefficient (Wildman–Crippen LogP) is 4.00. The Hall–Kier alpha value is -3.22. The molecular formula is C24H27N5O. The molecule has 1 aromatic heterocycles. The van der Waals surface area contributed by atoms with Gasteiger partial charge in [0.05, 0.1) is 16.9 Å². The summed E-state index contributed by atoms with van der Waals surface area (Å²) in [4.78, 5) is 17.5. The van der Waals surface area contributed by atoms with Gasteiger partial charge in [-0.05, 0) is 37.1 Å². The second-order valence-corrected chi connectivity index (χ2v) is 7.60. The van der Waals surface area contributed by atoms with E-state index in [9.17, 15) is 4.79 Å². The van der Waals surface area contributed by atoms with Crippen molar-refractivity contribution in [3.8, 4) is 11.3 Å². The van der Waals surface area contributed by atoms with E-state index in [1.165, 1.54) is 0 Å². The summed E-state index contributed by atoms with van der Waals surface area (Å²) in [6.07, 6.45) is 4.23. The Labute approximate surface area is 176 Å². The number of pyridine rings is 1. The zero-order valence-corrected chi connectivity index (χ0v) is 16.8. The summed E-state index contributed by atoms with van der Waals surface area (Å²) in [7, 11) is 0. The first kappa shape index (κ1) is 20.1. The number of benzene rings is 2. The zero-order chi connectivity index (χ0) is 20.8. The molecule has 4 rings (SSSR count). The Morgan fingerprint density at radius 2 is 1.67 bits per heavy atom. The average Bonchev–Trinajstić information content (AvgIpc) is 2.79. The number of hydrogen-bond donors (Lipinski definition) is 4. The van der Waals surface area contributed by atoms with Crippen LogP contribution in [0.15, 0.2) is 72.8 Å². The van der Waals surface area contributed by atoms with E-state index in [0.29, 0.717) is 17.1 Å². The van der Waals surface area contributed by atoms with Gasteiger partial charge in [0, 0.05) is 17.6 Å². The van der Waals surface area contributed by atoms with Crippen LogP contribution in [0.1, 0.15) is 36.0 Å². The van der Waals surface area contributed by atoms with Crippen LogP contribution in [0.5, 0.6) is 0 Å². The molecule has 0 saturated heterocycles. The minimum Gasteiger partial charge on any atom is -0.340 e. The molecule has 0 unspecified atom stereocenters. The molecule has 154 valence electrons. The number of amides is 1. The van der Waals surface area contributed by atoms with Crippen LogP contribution in [0.25, 0.3) is 11.3 Å². The molecule has 1 saturated carbocycles. The molecule has 0 aliphatic heterocycles. The lowest BCUT2D eigenvalue weighted by Gasteiger charge is -2.29. The van der Waals surface area contributed by atoms with Crippen molar-refractivity contribution in [3.05, 3.63) is 78.4 Å². The number of carbonyl (C=O) groups excluding carboxylic acids is 1. The first-order valence-corrected chi connectivity index (χ1v) is 10.4. The third kappa shape index (κ3) is 4.84. The summed E-state index contributed by atoms with van der Waals surface area (Å²) < 4.78 is 0. The van der Waals surface area contributed by atoms with Gasteiger partial charge in [0.25, 0.3) is 5.91 Å². The molecule has 1 fully saturated rings. The number of hydrazine groups is 1. The first-order valence-electron chi connectivity index (χ1n) is 10.4. The highest BCUT2D eigenvalue weighted by Gasteiger charge is 2.22. The summed E-state index contributed by atoms with van der Waals surface area (Å²) in [6.45, 7) is 0. The molecule has 0 spiro atoms. The van der Waals surface area contributed by atoms with Crippen molar-refractivity contribution in [2.24, 2.45) is 5.73 Å². The van der Waals surface area contributed by atoms with E-state index in [1.807, 2.05) is 66.7 Å². The van der Waals surface area contributed by atoms with Gasteiger partial charge in [-0.15, -0.1) is 0 Å². The Kier molecular flexibility index (Phi) is 6.37. The third-order valence-corrected chi connectivity index (χ3v) is 5.44. The van der Waals surface area contributed by atoms with Gasteiger partial charge < -0.3 is 11.1 Å². The van der Waals surface area contributed by atoms with E-state index in [-0.39, 0.29) is 18.0 Å². The van der Waals surface area contributed by atoms with Crippen molar-refractivity contribution in [3.63, 3.8) is 0 Å². The normalized spacial score (nSPS) is 18.6. The van der Waals surface area contributed by atoms with Crippen LogP contribution in [0.3, 0.4) is 0 Å². The molecule has 2 aromatic carbocycles. The highest BCUT2D eigenvalue weighted by molar-refractivity contribution is 6.00. The van der Waals surface area contributed by atoms with Crippen molar-refractivity contribution in [2.75, 3.05) is 5.32 Å². The second-order valence-electron chi connectivity index (χ2n) is 7.60. The van der Waals surface area contributed by atoms with Crippen molar-refractivity contribution in [2.45, 2.75) is 37.8 Å². The van der Waals surface area contributed by atoms with Gasteiger partial charge in [-0.2, -0.15) is 0 Å². The minimum absolute atomic E-state index is 0.0670. The van der Waals surface area contributed by atoms with Crippen molar-refractivity contribution in [1.82, 2.24) is 15.8 Å². The SMILES string of the molecule is N[C@H]1CCCC[C@H]1NNC(=O)c1ccccc1Nc1cccc(-c2ccccc2)n1. The smallest absolute Gasteiger partial charge is 0.267 e. The summed E-state index contributed by atoms with van der Waals surface area (Å²) >= 11 is 0. The largest absolute Gasteiger partial charge is 0.340 e. The Morgan fingerprint density at radius 3 is 2.50 bits per heavy atom. The van der Waals surface area contributed by atoms with Crippen LogP contribution in [-0.2, 0) is 0 Å². The Balaban J connectivity index is 1.48. The average molecular weight is 402 g/mol. The van der Waals surface area contributed by atoms with Gasteiger partial charge >= 0.3 is 0 Å². The van der Waals surface area contributed by atoms with E-state index in [0.717, 1.165) is 36.9 Å². The number of anilines is 2. The van der Waals surface area contributed by atoms with Gasteiger partial charge in [-0.25, -0.2) is 10.4 Å². The Bertz CT molecular complexity index is 992. The maximum Gasteiger partial charge on any atom is 0.267 e. The van der Waals surface area contributed by atoms with E-state index in [2.05, 4.69) is 16.2 Å².